The number of hydrogen-bond acceptors (Lipinski definition) is 2. The molecule has 1 saturated heterocycles. The molecule has 0 aromatic heterocycles. The van der Waals surface area contributed by atoms with E-state index < -0.39 is 0 Å². The molecule has 0 atom stereocenters. The van der Waals surface area contributed by atoms with E-state index in [2.05, 4.69) is 11.8 Å². The number of nitrogens with zero attached hydrogens (tertiary/aromatic N) is 1. The first-order valence-electron chi connectivity index (χ1n) is 8.02. The van der Waals surface area contributed by atoms with Gasteiger partial charge >= 0.3 is 0 Å². The average molecular weight is 273 g/mol. The van der Waals surface area contributed by atoms with E-state index in [1.165, 1.54) is 38.8 Å². The Morgan fingerprint density at radius 1 is 1.25 bits per heavy atom. The van der Waals surface area contributed by atoms with Gasteiger partial charge in [-0.3, -0.25) is 4.79 Å². The molecule has 1 heterocycles. The largest absolute Gasteiger partial charge is 0.303 e. The van der Waals surface area contributed by atoms with Gasteiger partial charge in [0.1, 0.15) is 0 Å². The molecule has 0 unspecified atom stereocenters. The Morgan fingerprint density at radius 3 is 2.60 bits per heavy atom. The standard InChI is InChI=1S/C18H27NO/c1-3-6-16-9-12-19(13-10-16)14-11-18(20)17-8-5-4-7-15(17)2/h4-5,7-8,16H,3,6,9-14H2,1-2H3. The Morgan fingerprint density at radius 2 is 1.95 bits per heavy atom. The fraction of sp³-hybridized carbons (Fsp3) is 0.611. The van der Waals surface area contributed by atoms with Gasteiger partial charge in [0, 0.05) is 18.5 Å². The molecular formula is C18H27NO. The van der Waals surface area contributed by atoms with E-state index in [-0.39, 0.29) is 0 Å². The first-order chi connectivity index (χ1) is 9.70. The maximum Gasteiger partial charge on any atom is 0.164 e. The summed E-state index contributed by atoms with van der Waals surface area (Å²) in [6.45, 7) is 7.56. The van der Waals surface area contributed by atoms with Crippen LogP contribution < -0.4 is 0 Å². The molecule has 0 bridgehead atoms. The van der Waals surface area contributed by atoms with Gasteiger partial charge in [-0.15, -0.1) is 0 Å². The summed E-state index contributed by atoms with van der Waals surface area (Å²) in [5.41, 5.74) is 1.99. The highest BCUT2D eigenvalue weighted by molar-refractivity contribution is 5.97. The summed E-state index contributed by atoms with van der Waals surface area (Å²) in [4.78, 5) is 14.7. The van der Waals surface area contributed by atoms with Crippen molar-refractivity contribution in [3.05, 3.63) is 35.4 Å². The summed E-state index contributed by atoms with van der Waals surface area (Å²) in [5.74, 6) is 1.21. The molecule has 0 amide bonds. The number of benzene rings is 1. The summed E-state index contributed by atoms with van der Waals surface area (Å²) < 4.78 is 0. The van der Waals surface area contributed by atoms with Crippen LogP contribution in [0.2, 0.25) is 0 Å². The third-order valence-electron chi connectivity index (χ3n) is 4.50. The quantitative estimate of drug-likeness (QED) is 0.728. The molecule has 0 N–H and O–H groups in total. The number of rotatable bonds is 6. The number of carbonyl (C=O) groups excluding carboxylic acids is 1. The third-order valence-corrected chi connectivity index (χ3v) is 4.50. The summed E-state index contributed by atoms with van der Waals surface area (Å²) in [6, 6.07) is 7.91. The zero-order chi connectivity index (χ0) is 14.4. The zero-order valence-electron chi connectivity index (χ0n) is 12.9. The van der Waals surface area contributed by atoms with E-state index in [0.29, 0.717) is 12.2 Å². The Kier molecular flexibility index (Phi) is 5.78. The lowest BCUT2D eigenvalue weighted by molar-refractivity contribution is 0.0949. The van der Waals surface area contributed by atoms with Gasteiger partial charge in [-0.2, -0.15) is 0 Å². The van der Waals surface area contributed by atoms with Crippen LogP contribution in [0.4, 0.5) is 0 Å². The highest BCUT2D eigenvalue weighted by Gasteiger charge is 2.19. The van der Waals surface area contributed by atoms with Crippen LogP contribution in [0.1, 0.15) is 54.9 Å². The Labute approximate surface area is 123 Å². The maximum atomic E-state index is 12.2. The summed E-state index contributed by atoms with van der Waals surface area (Å²) >= 11 is 0. The smallest absolute Gasteiger partial charge is 0.164 e. The molecule has 0 radical (unpaired) electrons. The van der Waals surface area contributed by atoms with Crippen LogP contribution in [0.3, 0.4) is 0 Å². The molecule has 1 aromatic carbocycles. The van der Waals surface area contributed by atoms with Crippen LogP contribution in [-0.2, 0) is 0 Å². The predicted molar refractivity (Wildman–Crippen MR) is 84.2 cm³/mol. The Bertz CT molecular complexity index is 433. The van der Waals surface area contributed by atoms with E-state index in [0.717, 1.165) is 23.6 Å². The van der Waals surface area contributed by atoms with Gasteiger partial charge in [0.15, 0.2) is 5.78 Å². The summed E-state index contributed by atoms with van der Waals surface area (Å²) in [6.07, 6.45) is 5.95. The van der Waals surface area contributed by atoms with Crippen LogP contribution in [-0.4, -0.2) is 30.3 Å². The maximum absolute atomic E-state index is 12.2. The average Bonchev–Trinajstić information content (AvgIpc) is 2.47. The van der Waals surface area contributed by atoms with Crippen molar-refractivity contribution in [2.24, 2.45) is 5.92 Å². The molecule has 2 heteroatoms. The van der Waals surface area contributed by atoms with E-state index >= 15 is 0 Å². The summed E-state index contributed by atoms with van der Waals surface area (Å²) in [5, 5.41) is 0. The fourth-order valence-electron chi connectivity index (χ4n) is 3.19. The van der Waals surface area contributed by atoms with E-state index in [4.69, 9.17) is 0 Å². The number of ketones is 1. The molecule has 1 aliphatic rings. The molecule has 0 aliphatic carbocycles. The van der Waals surface area contributed by atoms with Gasteiger partial charge < -0.3 is 4.90 Å². The summed E-state index contributed by atoms with van der Waals surface area (Å²) in [7, 11) is 0. The van der Waals surface area contributed by atoms with E-state index in [1.54, 1.807) is 0 Å². The number of Topliss-reactive ketones (excluding diaryl/α,β-unsaturated/α-hetero) is 1. The molecule has 1 aromatic rings. The lowest BCUT2D eigenvalue weighted by Crippen LogP contribution is -2.35. The molecule has 0 spiro atoms. The van der Waals surface area contributed by atoms with Crippen LogP contribution in [0.25, 0.3) is 0 Å². The molecule has 20 heavy (non-hydrogen) atoms. The topological polar surface area (TPSA) is 20.3 Å². The molecule has 1 fully saturated rings. The SMILES string of the molecule is CCCC1CCN(CCC(=O)c2ccccc2C)CC1. The molecular weight excluding hydrogens is 246 g/mol. The highest BCUT2D eigenvalue weighted by atomic mass is 16.1. The van der Waals surface area contributed by atoms with Crippen molar-refractivity contribution in [1.29, 1.82) is 0 Å². The van der Waals surface area contributed by atoms with Crippen molar-refractivity contribution in [2.45, 2.75) is 46.0 Å². The minimum absolute atomic E-state index is 0.291. The normalized spacial score (nSPS) is 17.3. The Hall–Kier alpha value is -1.15. The predicted octanol–water partition coefficient (Wildman–Crippen LogP) is 4.08. The zero-order valence-corrected chi connectivity index (χ0v) is 12.9. The van der Waals surface area contributed by atoms with Gasteiger partial charge in [0.2, 0.25) is 0 Å². The minimum atomic E-state index is 0.291. The van der Waals surface area contributed by atoms with Gasteiger partial charge in [-0.25, -0.2) is 0 Å². The third kappa shape index (κ3) is 4.17. The second-order valence-corrected chi connectivity index (χ2v) is 6.06. The lowest BCUT2D eigenvalue weighted by Gasteiger charge is -2.31. The number of aryl methyl sites for hydroxylation is 1. The number of carbonyl (C=O) groups is 1. The molecule has 2 nitrogen and oxygen atoms in total. The van der Waals surface area contributed by atoms with Crippen LogP contribution in [0, 0.1) is 12.8 Å². The highest BCUT2D eigenvalue weighted by Crippen LogP contribution is 2.22. The number of piperidine rings is 1. The number of likely N-dealkylation sites (tertiary alicyclic amines) is 1. The lowest BCUT2D eigenvalue weighted by atomic mass is 9.92. The van der Waals surface area contributed by atoms with Gasteiger partial charge in [-0.05, 0) is 44.3 Å². The second kappa shape index (κ2) is 7.58. The van der Waals surface area contributed by atoms with Gasteiger partial charge in [0.25, 0.3) is 0 Å². The van der Waals surface area contributed by atoms with Crippen molar-refractivity contribution in [3.8, 4) is 0 Å². The van der Waals surface area contributed by atoms with E-state index in [1.807, 2.05) is 31.2 Å². The van der Waals surface area contributed by atoms with E-state index in [9.17, 15) is 4.79 Å². The number of hydrogen-bond donors (Lipinski definition) is 0. The van der Waals surface area contributed by atoms with Crippen molar-refractivity contribution in [1.82, 2.24) is 4.90 Å². The van der Waals surface area contributed by atoms with Crippen molar-refractivity contribution in [3.63, 3.8) is 0 Å². The first-order valence-corrected chi connectivity index (χ1v) is 8.02. The molecule has 110 valence electrons. The first kappa shape index (κ1) is 15.2. The van der Waals surface area contributed by atoms with Crippen LogP contribution in [0.5, 0.6) is 0 Å². The van der Waals surface area contributed by atoms with Crippen LogP contribution in [0.15, 0.2) is 24.3 Å². The van der Waals surface area contributed by atoms with Crippen LogP contribution >= 0.6 is 0 Å². The molecule has 0 saturated carbocycles. The molecule has 2 rings (SSSR count). The Balaban J connectivity index is 1.76. The van der Waals surface area contributed by atoms with Crippen molar-refractivity contribution in [2.75, 3.05) is 19.6 Å². The fourth-order valence-corrected chi connectivity index (χ4v) is 3.19. The van der Waals surface area contributed by atoms with Crippen molar-refractivity contribution < 1.29 is 4.79 Å². The molecule has 1 aliphatic heterocycles. The van der Waals surface area contributed by atoms with Gasteiger partial charge in [0.05, 0.1) is 0 Å². The second-order valence-electron chi connectivity index (χ2n) is 6.06. The minimum Gasteiger partial charge on any atom is -0.303 e. The van der Waals surface area contributed by atoms with Gasteiger partial charge in [-0.1, -0.05) is 44.0 Å². The monoisotopic (exact) mass is 273 g/mol. The van der Waals surface area contributed by atoms with Crippen molar-refractivity contribution >= 4 is 5.78 Å².